The number of carbonyl (C=O) groups is 1. The molecule has 0 spiro atoms. The molecule has 5 heteroatoms. The molecule has 0 saturated heterocycles. The van der Waals surface area contributed by atoms with E-state index in [1.807, 2.05) is 43.3 Å². The van der Waals surface area contributed by atoms with E-state index in [2.05, 4.69) is 27.9 Å². The van der Waals surface area contributed by atoms with Crippen molar-refractivity contribution in [3.63, 3.8) is 0 Å². The first-order valence-electron chi connectivity index (χ1n) is 4.78. The monoisotopic (exact) mass is 354 g/mol. The number of carbonyl (C=O) groups excluding carboxylic acids is 1. The number of amides is 1. The summed E-state index contributed by atoms with van der Waals surface area (Å²) in [6.07, 6.45) is 0. The van der Waals surface area contributed by atoms with Crippen molar-refractivity contribution < 1.29 is 4.79 Å². The summed E-state index contributed by atoms with van der Waals surface area (Å²) in [4.78, 5) is 13.6. The van der Waals surface area contributed by atoms with Gasteiger partial charge in [-0.05, 0) is 61.0 Å². The molecule has 0 bridgehead atoms. The molecule has 0 unspecified atom stereocenters. The van der Waals surface area contributed by atoms with Gasteiger partial charge in [-0.3, -0.25) is 4.79 Å². The second-order valence-corrected chi connectivity index (χ2v) is 4.81. The van der Waals surface area contributed by atoms with Crippen LogP contribution in [-0.2, 0) is 0 Å². The molecule has 0 aliphatic carbocycles. The summed E-state index contributed by atoms with van der Waals surface area (Å²) in [6.45, 7) is 1.54. The van der Waals surface area contributed by atoms with E-state index in [0.717, 1.165) is 10.1 Å². The van der Waals surface area contributed by atoms with Gasteiger partial charge < -0.3 is 10.2 Å². The average molecular weight is 355 g/mol. The fourth-order valence-corrected chi connectivity index (χ4v) is 1.46. The number of nitrogens with zero attached hydrogens (tertiary/aromatic N) is 1. The van der Waals surface area contributed by atoms with Crippen molar-refractivity contribution in [3.8, 4) is 0 Å². The van der Waals surface area contributed by atoms with Crippen LogP contribution in [0.3, 0.4) is 0 Å². The number of benzene rings is 1. The van der Waals surface area contributed by atoms with Gasteiger partial charge in [0.25, 0.3) is 5.91 Å². The van der Waals surface area contributed by atoms with Crippen molar-refractivity contribution in [2.24, 2.45) is 0 Å². The van der Waals surface area contributed by atoms with E-state index in [1.165, 1.54) is 0 Å². The van der Waals surface area contributed by atoms with E-state index in [9.17, 15) is 4.79 Å². The Balaban J connectivity index is 0.00000225. The van der Waals surface area contributed by atoms with Gasteiger partial charge in [-0.15, -0.1) is 12.4 Å². The van der Waals surface area contributed by atoms with Crippen LogP contribution < -0.4 is 5.32 Å². The smallest absolute Gasteiger partial charge is 0.251 e. The minimum Gasteiger partial charge on any atom is -0.351 e. The number of rotatable bonds is 4. The first-order chi connectivity index (χ1) is 7.09. The lowest BCUT2D eigenvalue weighted by molar-refractivity contribution is 0.0951. The summed E-state index contributed by atoms with van der Waals surface area (Å²) in [6, 6.07) is 7.54. The van der Waals surface area contributed by atoms with E-state index >= 15 is 0 Å². The predicted octanol–water partition coefficient (Wildman–Crippen LogP) is 2.00. The van der Waals surface area contributed by atoms with Crippen molar-refractivity contribution in [3.05, 3.63) is 33.4 Å². The number of hydrogen-bond acceptors (Lipinski definition) is 2. The van der Waals surface area contributed by atoms with Gasteiger partial charge >= 0.3 is 0 Å². The Hall–Kier alpha value is -0.330. The minimum absolute atomic E-state index is 0. The minimum atomic E-state index is -0.00625. The molecule has 0 aliphatic heterocycles. The van der Waals surface area contributed by atoms with E-state index < -0.39 is 0 Å². The predicted molar refractivity (Wildman–Crippen MR) is 77.3 cm³/mol. The van der Waals surface area contributed by atoms with Crippen molar-refractivity contribution in [2.45, 2.75) is 0 Å². The molecule has 0 aromatic heterocycles. The van der Waals surface area contributed by atoms with Crippen LogP contribution in [0, 0.1) is 3.57 Å². The Kier molecular flexibility index (Phi) is 7.70. The van der Waals surface area contributed by atoms with E-state index in [-0.39, 0.29) is 18.3 Å². The maximum absolute atomic E-state index is 11.6. The zero-order valence-electron chi connectivity index (χ0n) is 9.37. The summed E-state index contributed by atoms with van der Waals surface area (Å²) < 4.78 is 1.14. The first kappa shape index (κ1) is 15.7. The largest absolute Gasteiger partial charge is 0.351 e. The van der Waals surface area contributed by atoms with Crippen LogP contribution in [0.1, 0.15) is 10.4 Å². The van der Waals surface area contributed by atoms with Gasteiger partial charge in [0.2, 0.25) is 0 Å². The lowest BCUT2D eigenvalue weighted by Gasteiger charge is -2.10. The first-order valence-corrected chi connectivity index (χ1v) is 5.86. The molecule has 3 nitrogen and oxygen atoms in total. The topological polar surface area (TPSA) is 32.3 Å². The maximum atomic E-state index is 11.6. The molecule has 1 rings (SSSR count). The highest BCUT2D eigenvalue weighted by Gasteiger charge is 2.03. The Labute approximate surface area is 116 Å². The van der Waals surface area contributed by atoms with Crippen LogP contribution in [-0.4, -0.2) is 38.0 Å². The zero-order valence-corrected chi connectivity index (χ0v) is 12.3. The number of nitrogens with one attached hydrogen (secondary N) is 1. The molecule has 0 radical (unpaired) electrons. The van der Waals surface area contributed by atoms with Gasteiger partial charge in [0.15, 0.2) is 0 Å². The number of likely N-dealkylation sites (N-methyl/N-ethyl adjacent to an activating group) is 1. The number of hydrogen-bond donors (Lipinski definition) is 1. The average Bonchev–Trinajstić information content (AvgIpc) is 2.18. The Bertz CT molecular complexity index is 327. The van der Waals surface area contributed by atoms with Crippen molar-refractivity contribution >= 4 is 40.9 Å². The van der Waals surface area contributed by atoms with E-state index in [4.69, 9.17) is 0 Å². The third-order valence-corrected chi connectivity index (χ3v) is 2.67. The fourth-order valence-electron chi connectivity index (χ4n) is 1.10. The van der Waals surface area contributed by atoms with Crippen LogP contribution in [0.5, 0.6) is 0 Å². The number of halogens is 2. The summed E-state index contributed by atoms with van der Waals surface area (Å²) in [5.41, 5.74) is 0.717. The normalized spacial score (nSPS) is 9.75. The highest BCUT2D eigenvalue weighted by molar-refractivity contribution is 14.1. The molecule has 0 heterocycles. The highest BCUT2D eigenvalue weighted by atomic mass is 127. The Morgan fingerprint density at radius 1 is 1.31 bits per heavy atom. The summed E-state index contributed by atoms with van der Waals surface area (Å²) in [5.74, 6) is -0.00625. The third-order valence-electron chi connectivity index (χ3n) is 1.95. The van der Waals surface area contributed by atoms with Gasteiger partial charge in [-0.1, -0.05) is 0 Å². The highest BCUT2D eigenvalue weighted by Crippen LogP contribution is 2.06. The second-order valence-electron chi connectivity index (χ2n) is 3.57. The molecule has 1 N–H and O–H groups in total. The second kappa shape index (κ2) is 7.86. The van der Waals surface area contributed by atoms with Crippen molar-refractivity contribution in [1.82, 2.24) is 10.2 Å². The van der Waals surface area contributed by atoms with E-state index in [0.29, 0.717) is 12.1 Å². The molecule has 1 amide bonds. The van der Waals surface area contributed by atoms with Gasteiger partial charge in [0, 0.05) is 22.2 Å². The van der Waals surface area contributed by atoms with Gasteiger partial charge in [0.1, 0.15) is 0 Å². The maximum Gasteiger partial charge on any atom is 0.251 e. The van der Waals surface area contributed by atoms with Crippen LogP contribution in [0.2, 0.25) is 0 Å². The Morgan fingerprint density at radius 3 is 2.38 bits per heavy atom. The van der Waals surface area contributed by atoms with Gasteiger partial charge in [-0.2, -0.15) is 0 Å². The van der Waals surface area contributed by atoms with Crippen LogP contribution in [0.15, 0.2) is 24.3 Å². The lowest BCUT2D eigenvalue weighted by atomic mass is 10.2. The molecule has 1 aromatic rings. The molecule has 0 atom stereocenters. The molecule has 0 saturated carbocycles. The van der Waals surface area contributed by atoms with Crippen LogP contribution in [0.25, 0.3) is 0 Å². The van der Waals surface area contributed by atoms with Crippen molar-refractivity contribution in [2.75, 3.05) is 27.2 Å². The molecule has 1 aromatic carbocycles. The summed E-state index contributed by atoms with van der Waals surface area (Å²) >= 11 is 2.22. The molecule has 0 aliphatic rings. The molecule has 16 heavy (non-hydrogen) atoms. The third kappa shape index (κ3) is 5.67. The standard InChI is InChI=1S/C11H15IN2O.ClH/c1-14(2)8-7-13-11(15)9-3-5-10(12)6-4-9;/h3-6H,7-8H2,1-2H3,(H,13,15);1H. The molecular weight excluding hydrogens is 338 g/mol. The quantitative estimate of drug-likeness (QED) is 0.839. The van der Waals surface area contributed by atoms with Crippen LogP contribution >= 0.6 is 35.0 Å². The molecule has 0 fully saturated rings. The van der Waals surface area contributed by atoms with E-state index in [1.54, 1.807) is 0 Å². The lowest BCUT2D eigenvalue weighted by Crippen LogP contribution is -2.31. The van der Waals surface area contributed by atoms with Gasteiger partial charge in [0.05, 0.1) is 0 Å². The van der Waals surface area contributed by atoms with Crippen molar-refractivity contribution in [1.29, 1.82) is 0 Å². The zero-order chi connectivity index (χ0) is 11.3. The Morgan fingerprint density at radius 2 is 1.88 bits per heavy atom. The summed E-state index contributed by atoms with van der Waals surface area (Å²) in [5, 5.41) is 2.87. The fraction of sp³-hybridized carbons (Fsp3) is 0.364. The summed E-state index contributed by atoms with van der Waals surface area (Å²) in [7, 11) is 3.97. The SMILES string of the molecule is CN(C)CCNC(=O)c1ccc(I)cc1.Cl. The molecule has 90 valence electrons. The van der Waals surface area contributed by atoms with Gasteiger partial charge in [-0.25, -0.2) is 0 Å². The van der Waals surface area contributed by atoms with Crippen LogP contribution in [0.4, 0.5) is 0 Å². The molecular formula is C11H16ClIN2O.